The lowest BCUT2D eigenvalue weighted by Crippen LogP contribution is -2.13. The van der Waals surface area contributed by atoms with Crippen molar-refractivity contribution in [1.82, 2.24) is 9.55 Å². The molecule has 1 aromatic heterocycles. The normalized spacial score (nSPS) is 15.0. The predicted molar refractivity (Wildman–Crippen MR) is 75.5 cm³/mol. The van der Waals surface area contributed by atoms with Crippen LogP contribution in [0.2, 0.25) is 0 Å². The lowest BCUT2D eigenvalue weighted by atomic mass is 10.2. The number of hydrogen-bond acceptors (Lipinski definition) is 2. The summed E-state index contributed by atoms with van der Waals surface area (Å²) in [5, 5.41) is 0. The molecule has 2 rings (SSSR count). The Labute approximate surface area is 108 Å². The SMILES string of the molecule is Cc1cccc2[nH]c(=S)n(C(C)CS(C)=O)c12. The van der Waals surface area contributed by atoms with Crippen molar-refractivity contribution in [3.05, 3.63) is 28.5 Å². The summed E-state index contributed by atoms with van der Waals surface area (Å²) in [7, 11) is -0.819. The van der Waals surface area contributed by atoms with Crippen LogP contribution in [0.3, 0.4) is 0 Å². The molecule has 2 atom stereocenters. The molecule has 1 heterocycles. The first-order valence-corrected chi connectivity index (χ1v) is 7.64. The summed E-state index contributed by atoms with van der Waals surface area (Å²) >= 11 is 5.35. The third kappa shape index (κ3) is 2.35. The maximum Gasteiger partial charge on any atom is 0.178 e. The molecule has 0 fully saturated rings. The number of benzene rings is 1. The van der Waals surface area contributed by atoms with Gasteiger partial charge in [0.15, 0.2) is 4.77 Å². The summed E-state index contributed by atoms with van der Waals surface area (Å²) in [6.07, 6.45) is 1.72. The van der Waals surface area contributed by atoms with E-state index in [-0.39, 0.29) is 6.04 Å². The summed E-state index contributed by atoms with van der Waals surface area (Å²) in [5.41, 5.74) is 3.35. The first-order valence-electron chi connectivity index (χ1n) is 5.50. The summed E-state index contributed by atoms with van der Waals surface area (Å²) in [6.45, 7) is 4.12. The summed E-state index contributed by atoms with van der Waals surface area (Å²) < 4.78 is 14.1. The second-order valence-corrected chi connectivity index (χ2v) is 6.23. The van der Waals surface area contributed by atoms with Crippen molar-refractivity contribution in [2.45, 2.75) is 19.9 Å². The van der Waals surface area contributed by atoms with Crippen molar-refractivity contribution in [2.24, 2.45) is 0 Å². The Bertz CT molecular complexity index is 627. The number of para-hydroxylation sites is 1. The highest BCUT2D eigenvalue weighted by Crippen LogP contribution is 2.22. The fraction of sp³-hybridized carbons (Fsp3) is 0.417. The Hall–Kier alpha value is -0.940. The van der Waals surface area contributed by atoms with Gasteiger partial charge in [-0.25, -0.2) is 0 Å². The van der Waals surface area contributed by atoms with Crippen LogP contribution in [-0.2, 0) is 10.8 Å². The smallest absolute Gasteiger partial charge is 0.178 e. The van der Waals surface area contributed by atoms with Crippen molar-refractivity contribution in [2.75, 3.05) is 12.0 Å². The van der Waals surface area contributed by atoms with Crippen LogP contribution in [0.5, 0.6) is 0 Å². The van der Waals surface area contributed by atoms with Gasteiger partial charge in [0.25, 0.3) is 0 Å². The van der Waals surface area contributed by atoms with Gasteiger partial charge in [-0.2, -0.15) is 0 Å². The Morgan fingerprint density at radius 2 is 2.24 bits per heavy atom. The molecule has 0 saturated heterocycles. The minimum atomic E-state index is -0.819. The van der Waals surface area contributed by atoms with Crippen molar-refractivity contribution < 1.29 is 4.21 Å². The molecule has 1 aromatic carbocycles. The monoisotopic (exact) mass is 268 g/mol. The third-order valence-corrected chi connectivity index (χ3v) is 4.11. The molecule has 0 aliphatic rings. The first-order chi connectivity index (χ1) is 8.00. The predicted octanol–water partition coefficient (Wildman–Crippen LogP) is 2.95. The fourth-order valence-electron chi connectivity index (χ4n) is 2.19. The molecule has 92 valence electrons. The number of fused-ring (bicyclic) bond motifs is 1. The third-order valence-electron chi connectivity index (χ3n) is 2.86. The zero-order valence-electron chi connectivity index (χ0n) is 10.2. The minimum Gasteiger partial charge on any atom is -0.331 e. The molecule has 0 bridgehead atoms. The quantitative estimate of drug-likeness (QED) is 0.869. The molecule has 0 amide bonds. The van der Waals surface area contributed by atoms with E-state index in [2.05, 4.69) is 29.5 Å². The second-order valence-electron chi connectivity index (χ2n) is 4.36. The van der Waals surface area contributed by atoms with E-state index < -0.39 is 10.8 Å². The van der Waals surface area contributed by atoms with Crippen molar-refractivity contribution in [1.29, 1.82) is 0 Å². The molecule has 0 spiro atoms. The standard InChI is InChI=1S/C12H16N2OS2/c1-8-5-4-6-10-11(8)14(12(16)13-10)9(2)7-17(3)15/h4-6,9H,7H2,1-3H3,(H,13,16). The molecule has 0 saturated carbocycles. The van der Waals surface area contributed by atoms with Crippen LogP contribution in [0.15, 0.2) is 18.2 Å². The van der Waals surface area contributed by atoms with E-state index in [4.69, 9.17) is 12.2 Å². The number of rotatable bonds is 3. The maximum atomic E-state index is 11.3. The van der Waals surface area contributed by atoms with Gasteiger partial charge in [-0.15, -0.1) is 0 Å². The van der Waals surface area contributed by atoms with Crippen molar-refractivity contribution in [3.63, 3.8) is 0 Å². The maximum absolute atomic E-state index is 11.3. The zero-order valence-corrected chi connectivity index (χ0v) is 11.8. The van der Waals surface area contributed by atoms with Gasteiger partial charge >= 0.3 is 0 Å². The molecule has 0 aliphatic carbocycles. The zero-order chi connectivity index (χ0) is 12.6. The number of aryl methyl sites for hydroxylation is 1. The van der Waals surface area contributed by atoms with E-state index in [0.717, 1.165) is 11.0 Å². The van der Waals surface area contributed by atoms with Gasteiger partial charge in [0, 0.05) is 28.9 Å². The first kappa shape index (κ1) is 12.5. The Morgan fingerprint density at radius 3 is 2.88 bits per heavy atom. The van der Waals surface area contributed by atoms with Gasteiger partial charge in [0.05, 0.1) is 11.0 Å². The van der Waals surface area contributed by atoms with Gasteiger partial charge in [0.2, 0.25) is 0 Å². The molecule has 2 aromatic rings. The van der Waals surface area contributed by atoms with Crippen LogP contribution in [0.25, 0.3) is 11.0 Å². The number of aromatic amines is 1. The largest absolute Gasteiger partial charge is 0.331 e. The molecule has 0 aliphatic heterocycles. The van der Waals surface area contributed by atoms with Gasteiger partial charge in [-0.05, 0) is 37.7 Å². The minimum absolute atomic E-state index is 0.142. The Balaban J connectivity index is 2.64. The number of nitrogens with zero attached hydrogens (tertiary/aromatic N) is 1. The van der Waals surface area contributed by atoms with E-state index in [1.54, 1.807) is 6.26 Å². The molecule has 1 N–H and O–H groups in total. The van der Waals surface area contributed by atoms with Gasteiger partial charge < -0.3 is 9.55 Å². The Morgan fingerprint density at radius 1 is 1.53 bits per heavy atom. The topological polar surface area (TPSA) is 37.8 Å². The second kappa shape index (κ2) is 4.74. The molecule has 3 nitrogen and oxygen atoms in total. The average molecular weight is 268 g/mol. The number of H-pyrrole nitrogens is 1. The Kier molecular flexibility index (Phi) is 3.49. The van der Waals surface area contributed by atoms with Crippen LogP contribution in [0, 0.1) is 11.7 Å². The van der Waals surface area contributed by atoms with Crippen LogP contribution in [0.4, 0.5) is 0 Å². The number of aromatic nitrogens is 2. The van der Waals surface area contributed by atoms with E-state index in [9.17, 15) is 4.21 Å². The average Bonchev–Trinajstić information content (AvgIpc) is 2.54. The van der Waals surface area contributed by atoms with E-state index in [0.29, 0.717) is 10.5 Å². The highest BCUT2D eigenvalue weighted by molar-refractivity contribution is 7.84. The van der Waals surface area contributed by atoms with E-state index >= 15 is 0 Å². The molecule has 5 heteroatoms. The molecule has 17 heavy (non-hydrogen) atoms. The fourth-order valence-corrected chi connectivity index (χ4v) is 3.40. The number of nitrogens with one attached hydrogen (secondary N) is 1. The van der Waals surface area contributed by atoms with Crippen molar-refractivity contribution in [3.8, 4) is 0 Å². The van der Waals surface area contributed by atoms with Crippen LogP contribution < -0.4 is 0 Å². The van der Waals surface area contributed by atoms with Crippen molar-refractivity contribution >= 4 is 34.1 Å². The van der Waals surface area contributed by atoms with Crippen LogP contribution in [-0.4, -0.2) is 25.8 Å². The van der Waals surface area contributed by atoms with Gasteiger partial charge in [-0.3, -0.25) is 4.21 Å². The number of hydrogen-bond donors (Lipinski definition) is 1. The molecular weight excluding hydrogens is 252 g/mol. The molecule has 0 radical (unpaired) electrons. The summed E-state index contributed by atoms with van der Waals surface area (Å²) in [5.74, 6) is 0.621. The molecule has 2 unspecified atom stereocenters. The van der Waals surface area contributed by atoms with Gasteiger partial charge in [-0.1, -0.05) is 12.1 Å². The lowest BCUT2D eigenvalue weighted by molar-refractivity contribution is 0.604. The lowest BCUT2D eigenvalue weighted by Gasteiger charge is -2.14. The highest BCUT2D eigenvalue weighted by Gasteiger charge is 2.13. The van der Waals surface area contributed by atoms with Crippen LogP contribution in [0.1, 0.15) is 18.5 Å². The van der Waals surface area contributed by atoms with E-state index in [1.807, 2.05) is 12.1 Å². The highest BCUT2D eigenvalue weighted by atomic mass is 32.2. The summed E-state index contributed by atoms with van der Waals surface area (Å²) in [6, 6.07) is 6.24. The van der Waals surface area contributed by atoms with E-state index in [1.165, 1.54) is 5.56 Å². The van der Waals surface area contributed by atoms with Gasteiger partial charge in [0.1, 0.15) is 0 Å². The summed E-state index contributed by atoms with van der Waals surface area (Å²) in [4.78, 5) is 3.20. The van der Waals surface area contributed by atoms with Crippen LogP contribution >= 0.6 is 12.2 Å². The number of imidazole rings is 1. The molecular formula is C12H16N2OS2.